The van der Waals surface area contributed by atoms with Crippen LogP contribution in [-0.2, 0) is 16.0 Å². The van der Waals surface area contributed by atoms with Crippen LogP contribution < -0.4 is 4.74 Å². The van der Waals surface area contributed by atoms with Crippen molar-refractivity contribution in [2.45, 2.75) is 19.7 Å². The predicted octanol–water partition coefficient (Wildman–Crippen LogP) is 2.13. The van der Waals surface area contributed by atoms with Crippen molar-refractivity contribution in [3.8, 4) is 5.88 Å². The maximum atomic E-state index is 13.7. The number of hydrogen-bond donors (Lipinski definition) is 0. The van der Waals surface area contributed by atoms with Crippen molar-refractivity contribution >= 4 is 11.7 Å². The van der Waals surface area contributed by atoms with Crippen molar-refractivity contribution in [2.24, 2.45) is 0 Å². The largest absolute Gasteiger partial charge is 0.574 e. The maximum absolute atomic E-state index is 13.7. The Hall–Kier alpha value is -2.46. The van der Waals surface area contributed by atoms with Crippen molar-refractivity contribution in [3.05, 3.63) is 27.7 Å². The van der Waals surface area contributed by atoms with Crippen molar-refractivity contribution < 1.29 is 36.8 Å². The normalized spacial score (nSPS) is 11.1. The molecule has 0 radical (unpaired) electrons. The average molecular weight is 312 g/mol. The second-order valence-electron chi connectivity index (χ2n) is 3.53. The lowest BCUT2D eigenvalue weighted by molar-refractivity contribution is -0.387. The molecule has 0 saturated heterocycles. The second-order valence-corrected chi connectivity index (χ2v) is 3.53. The minimum Gasteiger partial charge on any atom is -0.466 e. The first-order valence-corrected chi connectivity index (χ1v) is 5.39. The van der Waals surface area contributed by atoms with Gasteiger partial charge in [-0.05, 0) is 6.92 Å². The fourth-order valence-electron chi connectivity index (χ4n) is 1.31. The van der Waals surface area contributed by atoms with Crippen LogP contribution in [0, 0.1) is 15.9 Å². The first kappa shape index (κ1) is 16.6. The van der Waals surface area contributed by atoms with E-state index in [4.69, 9.17) is 0 Å². The number of ether oxygens (including phenoxy) is 2. The van der Waals surface area contributed by atoms with Gasteiger partial charge in [-0.25, -0.2) is 4.98 Å². The van der Waals surface area contributed by atoms with Gasteiger partial charge in [-0.1, -0.05) is 0 Å². The van der Waals surface area contributed by atoms with Gasteiger partial charge in [0.1, 0.15) is 0 Å². The molecule has 0 aliphatic rings. The summed E-state index contributed by atoms with van der Waals surface area (Å²) in [6, 6.07) is 0.178. The van der Waals surface area contributed by atoms with Crippen LogP contribution in [0.4, 0.5) is 23.2 Å². The lowest BCUT2D eigenvalue weighted by Crippen LogP contribution is -2.19. The molecule has 21 heavy (non-hydrogen) atoms. The molecular weight excluding hydrogens is 304 g/mol. The average Bonchev–Trinajstić information content (AvgIpc) is 2.31. The summed E-state index contributed by atoms with van der Waals surface area (Å²) in [5.41, 5.74) is -2.16. The van der Waals surface area contributed by atoms with Gasteiger partial charge in [0.15, 0.2) is 0 Å². The third-order valence-electron chi connectivity index (χ3n) is 2.02. The van der Waals surface area contributed by atoms with E-state index in [-0.39, 0.29) is 12.7 Å². The zero-order chi connectivity index (χ0) is 16.2. The van der Waals surface area contributed by atoms with E-state index in [1.165, 1.54) is 6.92 Å². The fraction of sp³-hybridized carbons (Fsp3) is 0.400. The molecule has 0 fully saturated rings. The Balaban J connectivity index is 3.21. The van der Waals surface area contributed by atoms with Gasteiger partial charge in [-0.2, -0.15) is 4.39 Å². The Morgan fingerprint density at radius 3 is 2.57 bits per heavy atom. The number of esters is 1. The molecule has 0 bridgehead atoms. The second kappa shape index (κ2) is 6.33. The molecule has 0 spiro atoms. The summed E-state index contributed by atoms with van der Waals surface area (Å²) in [5.74, 6) is -3.76. The number of pyridine rings is 1. The SMILES string of the molecule is CCOC(=O)Cc1nc(OC(F)(F)F)cc([N+](=O)[O-])c1F. The molecule has 1 aromatic rings. The van der Waals surface area contributed by atoms with E-state index in [9.17, 15) is 32.5 Å². The minimum absolute atomic E-state index is 0.0543. The zero-order valence-corrected chi connectivity index (χ0v) is 10.4. The molecule has 11 heteroatoms. The number of rotatable bonds is 5. The molecule has 0 amide bonds. The Kier molecular flexibility index (Phi) is 5.00. The molecular formula is C10H8F4N2O5. The van der Waals surface area contributed by atoms with Gasteiger partial charge in [-0.3, -0.25) is 14.9 Å². The first-order chi connectivity index (χ1) is 9.64. The molecule has 116 valence electrons. The lowest BCUT2D eigenvalue weighted by Gasteiger charge is -2.10. The molecule has 0 N–H and O–H groups in total. The number of aromatic nitrogens is 1. The van der Waals surface area contributed by atoms with Crippen LogP contribution in [0.5, 0.6) is 5.88 Å². The van der Waals surface area contributed by atoms with Gasteiger partial charge in [-0.15, -0.1) is 13.2 Å². The monoisotopic (exact) mass is 312 g/mol. The van der Waals surface area contributed by atoms with Crippen molar-refractivity contribution in [1.29, 1.82) is 0 Å². The Morgan fingerprint density at radius 1 is 1.48 bits per heavy atom. The van der Waals surface area contributed by atoms with E-state index >= 15 is 0 Å². The standard InChI is InChI=1S/C10H8F4N2O5/c1-2-20-8(17)3-5-9(11)6(16(18)19)4-7(15-5)21-10(12,13)14/h4H,2-3H2,1H3. The van der Waals surface area contributed by atoms with Crippen molar-refractivity contribution in [2.75, 3.05) is 6.61 Å². The summed E-state index contributed by atoms with van der Waals surface area (Å²) in [6.45, 7) is 1.40. The smallest absolute Gasteiger partial charge is 0.466 e. The van der Waals surface area contributed by atoms with E-state index in [2.05, 4.69) is 14.5 Å². The Bertz CT molecular complexity index is 561. The molecule has 0 aromatic carbocycles. The van der Waals surface area contributed by atoms with Gasteiger partial charge in [0.2, 0.25) is 11.7 Å². The topological polar surface area (TPSA) is 91.6 Å². The number of carbonyl (C=O) groups is 1. The molecule has 0 saturated carbocycles. The highest BCUT2D eigenvalue weighted by Crippen LogP contribution is 2.28. The molecule has 7 nitrogen and oxygen atoms in total. The fourth-order valence-corrected chi connectivity index (χ4v) is 1.31. The quantitative estimate of drug-likeness (QED) is 0.358. The number of hydrogen-bond acceptors (Lipinski definition) is 6. The first-order valence-electron chi connectivity index (χ1n) is 5.39. The van der Waals surface area contributed by atoms with Crippen LogP contribution in [0.15, 0.2) is 6.07 Å². The van der Waals surface area contributed by atoms with Crippen LogP contribution in [0.25, 0.3) is 0 Å². The summed E-state index contributed by atoms with van der Waals surface area (Å²) in [7, 11) is 0. The summed E-state index contributed by atoms with van der Waals surface area (Å²) >= 11 is 0. The summed E-state index contributed by atoms with van der Waals surface area (Å²) < 4.78 is 57.8. The van der Waals surface area contributed by atoms with Gasteiger partial charge >= 0.3 is 18.0 Å². The molecule has 1 heterocycles. The molecule has 1 rings (SSSR count). The highest BCUT2D eigenvalue weighted by atomic mass is 19.4. The van der Waals surface area contributed by atoms with Crippen LogP contribution in [0.1, 0.15) is 12.6 Å². The number of halogens is 4. The third kappa shape index (κ3) is 4.85. The summed E-state index contributed by atoms with van der Waals surface area (Å²) in [4.78, 5) is 23.6. The van der Waals surface area contributed by atoms with Gasteiger partial charge in [0, 0.05) is 0 Å². The molecule has 0 atom stereocenters. The van der Waals surface area contributed by atoms with Gasteiger partial charge < -0.3 is 9.47 Å². The Labute approximate surface area is 114 Å². The third-order valence-corrected chi connectivity index (χ3v) is 2.02. The number of nitro groups is 1. The predicted molar refractivity (Wildman–Crippen MR) is 57.9 cm³/mol. The highest BCUT2D eigenvalue weighted by Gasteiger charge is 2.34. The van der Waals surface area contributed by atoms with E-state index in [1.54, 1.807) is 0 Å². The number of alkyl halides is 3. The van der Waals surface area contributed by atoms with E-state index in [0.717, 1.165) is 0 Å². The molecule has 0 aliphatic heterocycles. The van der Waals surface area contributed by atoms with Gasteiger partial charge in [0.25, 0.3) is 0 Å². The van der Waals surface area contributed by atoms with Crippen LogP contribution in [-0.4, -0.2) is 28.8 Å². The van der Waals surface area contributed by atoms with E-state index < -0.39 is 46.8 Å². The van der Waals surface area contributed by atoms with Gasteiger partial charge in [0.05, 0.1) is 29.7 Å². The summed E-state index contributed by atoms with van der Waals surface area (Å²) in [5, 5.41) is 10.6. The van der Waals surface area contributed by atoms with E-state index in [0.29, 0.717) is 0 Å². The van der Waals surface area contributed by atoms with Crippen molar-refractivity contribution in [3.63, 3.8) is 0 Å². The molecule has 1 aromatic heterocycles. The van der Waals surface area contributed by atoms with Crippen LogP contribution >= 0.6 is 0 Å². The lowest BCUT2D eigenvalue weighted by atomic mass is 10.2. The highest BCUT2D eigenvalue weighted by molar-refractivity contribution is 5.72. The van der Waals surface area contributed by atoms with Crippen LogP contribution in [0.2, 0.25) is 0 Å². The number of carbonyl (C=O) groups excluding carboxylic acids is 1. The van der Waals surface area contributed by atoms with Crippen LogP contribution in [0.3, 0.4) is 0 Å². The Morgan fingerprint density at radius 2 is 2.10 bits per heavy atom. The summed E-state index contributed by atoms with van der Waals surface area (Å²) in [6.07, 6.45) is -6.03. The minimum atomic E-state index is -5.17. The van der Waals surface area contributed by atoms with E-state index in [1.807, 2.05) is 0 Å². The molecule has 0 unspecified atom stereocenters. The van der Waals surface area contributed by atoms with Crippen molar-refractivity contribution in [1.82, 2.24) is 4.98 Å². The molecule has 0 aliphatic carbocycles. The maximum Gasteiger partial charge on any atom is 0.574 e. The zero-order valence-electron chi connectivity index (χ0n) is 10.4. The number of nitrogens with zero attached hydrogens (tertiary/aromatic N) is 2.